The number of fused-ring (bicyclic) bond motifs is 1. The summed E-state index contributed by atoms with van der Waals surface area (Å²) in [5.41, 5.74) is 1.25. The van der Waals surface area contributed by atoms with Crippen LogP contribution in [0.1, 0.15) is 17.5 Å². The number of rotatable bonds is 5. The van der Waals surface area contributed by atoms with E-state index in [1.807, 2.05) is 24.0 Å². The molecule has 2 aliphatic rings. The Balaban J connectivity index is 1.31. The van der Waals surface area contributed by atoms with Crippen LogP contribution < -0.4 is 16.0 Å². The molecule has 0 radical (unpaired) electrons. The van der Waals surface area contributed by atoms with Gasteiger partial charge in [0.1, 0.15) is 12.0 Å². The molecule has 0 saturated carbocycles. The summed E-state index contributed by atoms with van der Waals surface area (Å²) in [6.45, 7) is 3.29. The van der Waals surface area contributed by atoms with Gasteiger partial charge in [0.2, 0.25) is 5.91 Å². The second-order valence-electron chi connectivity index (χ2n) is 8.84. The molecular weight excluding hydrogens is 503 g/mol. The highest BCUT2D eigenvalue weighted by Gasteiger charge is 2.36. The normalized spacial score (nSPS) is 19.1. The molecule has 8 nitrogen and oxygen atoms in total. The Morgan fingerprint density at radius 3 is 2.53 bits per heavy atom. The van der Waals surface area contributed by atoms with Crippen molar-refractivity contribution in [2.75, 3.05) is 6.54 Å². The standard InChI is InChI=1S/C26H22Cl2N4O4/c1-15-2-4-16(5-3-15)14-31-9-8-17-10-19(6-7-20(17)25(31)34)36-24-21(27)11-18(12-22(24)28)32-26(35)30-23(33)13-29-32/h2-7,10-13,17,20H,8-9,14H2,1H3,(H,30,33,35). The highest BCUT2D eigenvalue weighted by molar-refractivity contribution is 6.37. The summed E-state index contributed by atoms with van der Waals surface area (Å²) in [6.07, 6.45) is 7.34. The highest BCUT2D eigenvalue weighted by atomic mass is 35.5. The summed E-state index contributed by atoms with van der Waals surface area (Å²) in [7, 11) is 0. The molecule has 1 N–H and O–H groups in total. The van der Waals surface area contributed by atoms with Gasteiger partial charge in [-0.05, 0) is 49.1 Å². The number of allylic oxidation sites excluding steroid dienone is 2. The van der Waals surface area contributed by atoms with Gasteiger partial charge >= 0.3 is 5.69 Å². The number of aryl methyl sites for hydroxylation is 1. The van der Waals surface area contributed by atoms with Crippen LogP contribution in [0.3, 0.4) is 0 Å². The molecular formula is C26H22Cl2N4O4. The number of likely N-dealkylation sites (tertiary alicyclic amines) is 1. The summed E-state index contributed by atoms with van der Waals surface area (Å²) in [4.78, 5) is 40.5. The van der Waals surface area contributed by atoms with Crippen LogP contribution in [0.4, 0.5) is 0 Å². The van der Waals surface area contributed by atoms with E-state index in [0.29, 0.717) is 18.8 Å². The zero-order chi connectivity index (χ0) is 25.4. The smallest absolute Gasteiger partial charge is 0.349 e. The summed E-state index contributed by atoms with van der Waals surface area (Å²) in [5, 5.41) is 4.14. The number of amides is 1. The van der Waals surface area contributed by atoms with E-state index in [4.69, 9.17) is 27.9 Å². The van der Waals surface area contributed by atoms with E-state index in [1.54, 1.807) is 6.08 Å². The zero-order valence-electron chi connectivity index (χ0n) is 19.3. The Hall–Kier alpha value is -3.62. The predicted molar refractivity (Wildman–Crippen MR) is 137 cm³/mol. The molecule has 2 atom stereocenters. The minimum atomic E-state index is -0.717. The van der Waals surface area contributed by atoms with Crippen molar-refractivity contribution in [3.05, 3.63) is 109 Å². The van der Waals surface area contributed by atoms with Crippen LogP contribution in [0.25, 0.3) is 5.69 Å². The quantitative estimate of drug-likeness (QED) is 0.543. The Morgan fingerprint density at radius 1 is 1.11 bits per heavy atom. The van der Waals surface area contributed by atoms with Crippen molar-refractivity contribution in [3.63, 3.8) is 0 Å². The summed E-state index contributed by atoms with van der Waals surface area (Å²) < 4.78 is 6.97. The number of piperidine rings is 1. The number of benzene rings is 2. The molecule has 3 aromatic rings. The van der Waals surface area contributed by atoms with Gasteiger partial charge in [-0.3, -0.25) is 14.6 Å². The molecule has 1 saturated heterocycles. The lowest BCUT2D eigenvalue weighted by Crippen LogP contribution is -2.44. The van der Waals surface area contributed by atoms with Crippen LogP contribution in [0.5, 0.6) is 5.75 Å². The molecule has 2 aromatic carbocycles. The van der Waals surface area contributed by atoms with Crippen molar-refractivity contribution in [3.8, 4) is 11.4 Å². The fourth-order valence-electron chi connectivity index (χ4n) is 4.43. The number of ether oxygens (including phenoxy) is 1. The highest BCUT2D eigenvalue weighted by Crippen LogP contribution is 2.38. The van der Waals surface area contributed by atoms with E-state index >= 15 is 0 Å². The summed E-state index contributed by atoms with van der Waals surface area (Å²) >= 11 is 12.8. The van der Waals surface area contributed by atoms with Crippen LogP contribution >= 0.6 is 23.2 Å². The zero-order valence-corrected chi connectivity index (χ0v) is 20.8. The SMILES string of the molecule is Cc1ccc(CN2CCC3C=C(Oc4c(Cl)cc(-n5ncc(=O)[nH]c5=O)cc4Cl)C=CC3C2=O)cc1. The molecule has 36 heavy (non-hydrogen) atoms. The van der Waals surface area contributed by atoms with E-state index in [0.717, 1.165) is 22.9 Å². The third-order valence-corrected chi connectivity index (χ3v) is 6.85. The maximum Gasteiger partial charge on any atom is 0.349 e. The van der Waals surface area contributed by atoms with E-state index in [1.165, 1.54) is 17.7 Å². The third-order valence-electron chi connectivity index (χ3n) is 6.29. The molecule has 184 valence electrons. The maximum absolute atomic E-state index is 13.1. The number of hydrogen-bond donors (Lipinski definition) is 1. The lowest BCUT2D eigenvalue weighted by Gasteiger charge is -2.37. The van der Waals surface area contributed by atoms with Crippen molar-refractivity contribution < 1.29 is 9.53 Å². The third kappa shape index (κ3) is 4.87. The van der Waals surface area contributed by atoms with Crippen LogP contribution in [0.15, 0.2) is 76.2 Å². The summed E-state index contributed by atoms with van der Waals surface area (Å²) in [5.74, 6) is 0.608. The summed E-state index contributed by atoms with van der Waals surface area (Å²) in [6, 6.07) is 11.2. The number of carbonyl (C=O) groups is 1. The lowest BCUT2D eigenvalue weighted by atomic mass is 9.81. The minimum absolute atomic E-state index is 0.00696. The van der Waals surface area contributed by atoms with Gasteiger partial charge in [0.05, 0.1) is 21.7 Å². The van der Waals surface area contributed by atoms with Crippen LogP contribution in [0.2, 0.25) is 10.0 Å². The molecule has 0 spiro atoms. The van der Waals surface area contributed by atoms with Crippen molar-refractivity contribution in [2.45, 2.75) is 19.9 Å². The predicted octanol–water partition coefficient (Wildman–Crippen LogP) is 4.03. The van der Waals surface area contributed by atoms with Crippen molar-refractivity contribution >= 4 is 29.1 Å². The number of aromatic nitrogens is 3. The molecule has 2 unspecified atom stereocenters. The van der Waals surface area contributed by atoms with Crippen molar-refractivity contribution in [2.24, 2.45) is 11.8 Å². The van der Waals surface area contributed by atoms with Crippen molar-refractivity contribution in [1.29, 1.82) is 0 Å². The number of nitrogens with one attached hydrogen (secondary N) is 1. The second kappa shape index (κ2) is 9.79. The van der Waals surface area contributed by atoms with Gasteiger partial charge in [-0.25, -0.2) is 4.79 Å². The first kappa shape index (κ1) is 24.1. The average molecular weight is 525 g/mol. The number of aromatic amines is 1. The molecule has 1 aliphatic heterocycles. The maximum atomic E-state index is 13.1. The molecule has 0 bridgehead atoms. The largest absolute Gasteiger partial charge is 0.455 e. The lowest BCUT2D eigenvalue weighted by molar-refractivity contribution is -0.138. The van der Waals surface area contributed by atoms with E-state index in [2.05, 4.69) is 34.3 Å². The van der Waals surface area contributed by atoms with Gasteiger partial charge in [-0.2, -0.15) is 9.78 Å². The first-order chi connectivity index (χ1) is 17.3. The monoisotopic (exact) mass is 524 g/mol. The van der Waals surface area contributed by atoms with Gasteiger partial charge < -0.3 is 9.64 Å². The second-order valence-corrected chi connectivity index (χ2v) is 9.66. The molecule has 1 fully saturated rings. The Labute approximate surface area is 216 Å². The topological polar surface area (TPSA) is 97.3 Å². The average Bonchev–Trinajstić information content (AvgIpc) is 2.84. The fraction of sp³-hybridized carbons (Fsp3) is 0.231. The van der Waals surface area contributed by atoms with Crippen LogP contribution in [-0.2, 0) is 11.3 Å². The number of nitrogens with zero attached hydrogens (tertiary/aromatic N) is 3. The van der Waals surface area contributed by atoms with Crippen molar-refractivity contribution in [1.82, 2.24) is 19.7 Å². The van der Waals surface area contributed by atoms with E-state index < -0.39 is 11.2 Å². The molecule has 5 rings (SSSR count). The van der Waals surface area contributed by atoms with Gasteiger partial charge in [0.15, 0.2) is 5.75 Å². The number of halogens is 2. The molecule has 1 aliphatic carbocycles. The van der Waals surface area contributed by atoms with Gasteiger partial charge in [0, 0.05) is 13.1 Å². The Kier molecular flexibility index (Phi) is 6.55. The molecule has 1 amide bonds. The number of H-pyrrole nitrogens is 1. The van der Waals surface area contributed by atoms with Gasteiger partial charge in [-0.15, -0.1) is 0 Å². The molecule has 2 heterocycles. The van der Waals surface area contributed by atoms with Crippen LogP contribution in [-0.4, -0.2) is 32.1 Å². The van der Waals surface area contributed by atoms with Gasteiger partial charge in [-0.1, -0.05) is 59.1 Å². The molecule has 10 heteroatoms. The molecule has 1 aromatic heterocycles. The van der Waals surface area contributed by atoms with E-state index in [9.17, 15) is 14.4 Å². The first-order valence-electron chi connectivity index (χ1n) is 11.4. The number of carbonyl (C=O) groups excluding carboxylic acids is 1. The van der Waals surface area contributed by atoms with Gasteiger partial charge in [0.25, 0.3) is 5.56 Å². The Bertz CT molecular complexity index is 1480. The van der Waals surface area contributed by atoms with E-state index in [-0.39, 0.29) is 39.2 Å². The Morgan fingerprint density at radius 2 is 1.83 bits per heavy atom. The first-order valence-corrected chi connectivity index (χ1v) is 12.1. The minimum Gasteiger partial charge on any atom is -0.455 e. The fourth-order valence-corrected chi connectivity index (χ4v) is 4.98. The number of hydrogen-bond acceptors (Lipinski definition) is 5. The van der Waals surface area contributed by atoms with Crippen LogP contribution in [0, 0.1) is 18.8 Å².